The maximum atomic E-state index is 12.7. The summed E-state index contributed by atoms with van der Waals surface area (Å²) in [6, 6.07) is 9.70. The summed E-state index contributed by atoms with van der Waals surface area (Å²) in [6.07, 6.45) is 5.37. The quantitative estimate of drug-likeness (QED) is 0.536. The first-order valence-electron chi connectivity index (χ1n) is 9.37. The van der Waals surface area contributed by atoms with Crippen LogP contribution in [0.4, 0.5) is 10.7 Å². The molecule has 1 aliphatic carbocycles. The van der Waals surface area contributed by atoms with Crippen LogP contribution in [-0.4, -0.2) is 17.1 Å². The minimum absolute atomic E-state index is 0.108. The Kier molecular flexibility index (Phi) is 6.76. The van der Waals surface area contributed by atoms with Crippen LogP contribution in [0.1, 0.15) is 49.1 Å². The van der Waals surface area contributed by atoms with Crippen LogP contribution < -0.4 is 10.6 Å². The number of nitriles is 1. The lowest BCUT2D eigenvalue weighted by Crippen LogP contribution is -2.22. The summed E-state index contributed by atoms with van der Waals surface area (Å²) in [6.45, 7) is 3.32. The minimum Gasteiger partial charge on any atom is -0.326 e. The van der Waals surface area contributed by atoms with Gasteiger partial charge in [0.05, 0.1) is 10.8 Å². The van der Waals surface area contributed by atoms with Gasteiger partial charge in [0.2, 0.25) is 11.8 Å². The number of nitrogens with zero attached hydrogens (tertiary/aromatic N) is 1. The van der Waals surface area contributed by atoms with Crippen molar-refractivity contribution in [1.29, 1.82) is 5.26 Å². The number of thioether (sulfide) groups is 1. The third-order valence-corrected chi connectivity index (χ3v) is 6.95. The SMILES string of the molecule is CC(=O)Nc1ccc(SC(C)C(=O)Nc2sc3c(c2C#N)CCCCC3)cc1. The molecule has 0 saturated carbocycles. The fourth-order valence-corrected chi connectivity index (χ4v) is 5.35. The molecule has 3 rings (SSSR count). The molecular formula is C21H23N3O2S2. The largest absolute Gasteiger partial charge is 0.326 e. The molecule has 1 aliphatic rings. The molecule has 0 radical (unpaired) electrons. The number of carbonyl (C=O) groups excluding carboxylic acids is 2. The summed E-state index contributed by atoms with van der Waals surface area (Å²) in [5.74, 6) is -0.223. The second kappa shape index (κ2) is 9.26. The number of aryl methyl sites for hydroxylation is 1. The molecule has 2 N–H and O–H groups in total. The van der Waals surface area contributed by atoms with Gasteiger partial charge in [-0.05, 0) is 62.4 Å². The molecule has 2 aromatic rings. The van der Waals surface area contributed by atoms with E-state index < -0.39 is 0 Å². The van der Waals surface area contributed by atoms with E-state index in [1.54, 1.807) is 11.3 Å². The van der Waals surface area contributed by atoms with Gasteiger partial charge in [0.25, 0.3) is 0 Å². The van der Waals surface area contributed by atoms with E-state index in [1.165, 1.54) is 30.0 Å². The van der Waals surface area contributed by atoms with E-state index in [4.69, 9.17) is 0 Å². The van der Waals surface area contributed by atoms with Gasteiger partial charge in [0.15, 0.2) is 0 Å². The number of carbonyl (C=O) groups is 2. The van der Waals surface area contributed by atoms with Crippen LogP contribution in [0.15, 0.2) is 29.2 Å². The minimum atomic E-state index is -0.305. The van der Waals surface area contributed by atoms with Gasteiger partial charge in [-0.15, -0.1) is 23.1 Å². The Morgan fingerprint density at radius 2 is 1.86 bits per heavy atom. The standard InChI is InChI=1S/C21H23N3O2S2/c1-13(27-16-10-8-15(9-11-16)23-14(2)25)20(26)24-21-18(12-22)17-6-4-3-5-7-19(17)28-21/h8-11,13H,3-7H2,1-2H3,(H,23,25)(H,24,26). The maximum absolute atomic E-state index is 12.7. The second-order valence-electron chi connectivity index (χ2n) is 6.84. The first-order valence-corrected chi connectivity index (χ1v) is 11.1. The third-order valence-electron chi connectivity index (χ3n) is 4.63. The molecule has 1 atom stereocenters. The van der Waals surface area contributed by atoms with E-state index in [1.807, 2.05) is 31.2 Å². The van der Waals surface area contributed by atoms with Gasteiger partial charge in [0, 0.05) is 22.4 Å². The Hall–Kier alpha value is -2.30. The Balaban J connectivity index is 1.66. The number of hydrogen-bond acceptors (Lipinski definition) is 5. The van der Waals surface area contributed by atoms with Crippen molar-refractivity contribution in [2.45, 2.75) is 56.1 Å². The molecule has 1 heterocycles. The molecule has 28 heavy (non-hydrogen) atoms. The van der Waals surface area contributed by atoms with Crippen molar-refractivity contribution in [3.8, 4) is 6.07 Å². The highest BCUT2D eigenvalue weighted by Gasteiger charge is 2.23. The predicted molar refractivity (Wildman–Crippen MR) is 115 cm³/mol. The van der Waals surface area contributed by atoms with Crippen LogP contribution in [0.5, 0.6) is 0 Å². The van der Waals surface area contributed by atoms with Gasteiger partial charge < -0.3 is 10.6 Å². The van der Waals surface area contributed by atoms with Crippen LogP contribution >= 0.6 is 23.1 Å². The molecule has 0 saturated heterocycles. The molecule has 1 aromatic carbocycles. The maximum Gasteiger partial charge on any atom is 0.238 e. The van der Waals surface area contributed by atoms with E-state index in [2.05, 4.69) is 16.7 Å². The summed E-state index contributed by atoms with van der Waals surface area (Å²) in [5.41, 5.74) is 2.51. The summed E-state index contributed by atoms with van der Waals surface area (Å²) in [4.78, 5) is 26.0. The molecule has 1 unspecified atom stereocenters. The Labute approximate surface area is 173 Å². The summed E-state index contributed by atoms with van der Waals surface area (Å²) >= 11 is 3.00. The molecule has 0 fully saturated rings. The Bertz CT molecular complexity index is 913. The summed E-state index contributed by atoms with van der Waals surface area (Å²) in [5, 5.41) is 15.7. The van der Waals surface area contributed by atoms with Crippen molar-refractivity contribution < 1.29 is 9.59 Å². The van der Waals surface area contributed by atoms with Gasteiger partial charge in [-0.2, -0.15) is 5.26 Å². The molecule has 1 aromatic heterocycles. The van der Waals surface area contributed by atoms with E-state index in [0.717, 1.165) is 41.8 Å². The predicted octanol–water partition coefficient (Wildman–Crippen LogP) is 4.97. The van der Waals surface area contributed by atoms with Crippen molar-refractivity contribution >= 4 is 45.6 Å². The summed E-state index contributed by atoms with van der Waals surface area (Å²) < 4.78 is 0. The molecule has 0 bridgehead atoms. The monoisotopic (exact) mass is 413 g/mol. The van der Waals surface area contributed by atoms with Crippen LogP contribution in [0.2, 0.25) is 0 Å². The first-order chi connectivity index (χ1) is 13.5. The highest BCUT2D eigenvalue weighted by molar-refractivity contribution is 8.00. The lowest BCUT2D eigenvalue weighted by Gasteiger charge is -2.12. The van der Waals surface area contributed by atoms with E-state index >= 15 is 0 Å². The Morgan fingerprint density at radius 3 is 2.54 bits per heavy atom. The van der Waals surface area contributed by atoms with Crippen molar-refractivity contribution in [2.75, 3.05) is 10.6 Å². The van der Waals surface area contributed by atoms with Crippen molar-refractivity contribution in [3.05, 3.63) is 40.3 Å². The number of nitrogens with one attached hydrogen (secondary N) is 2. The molecule has 7 heteroatoms. The molecule has 146 valence electrons. The normalized spacial score (nSPS) is 14.3. The smallest absolute Gasteiger partial charge is 0.238 e. The lowest BCUT2D eigenvalue weighted by molar-refractivity contribution is -0.115. The first kappa shape index (κ1) is 20.4. The molecular weight excluding hydrogens is 390 g/mol. The highest BCUT2D eigenvalue weighted by atomic mass is 32.2. The number of anilines is 2. The second-order valence-corrected chi connectivity index (χ2v) is 9.35. The number of hydrogen-bond donors (Lipinski definition) is 2. The van der Waals surface area contributed by atoms with Crippen molar-refractivity contribution in [3.63, 3.8) is 0 Å². The van der Waals surface area contributed by atoms with E-state index in [0.29, 0.717) is 10.6 Å². The molecule has 0 spiro atoms. The van der Waals surface area contributed by atoms with Gasteiger partial charge in [0.1, 0.15) is 11.1 Å². The number of thiophene rings is 1. The summed E-state index contributed by atoms with van der Waals surface area (Å²) in [7, 11) is 0. The Morgan fingerprint density at radius 1 is 1.14 bits per heavy atom. The van der Waals surface area contributed by atoms with Gasteiger partial charge in [-0.25, -0.2) is 0 Å². The average molecular weight is 414 g/mol. The fourth-order valence-electron chi connectivity index (χ4n) is 3.24. The topological polar surface area (TPSA) is 82.0 Å². The van der Waals surface area contributed by atoms with Crippen molar-refractivity contribution in [1.82, 2.24) is 0 Å². The fraction of sp³-hybridized carbons (Fsp3) is 0.381. The number of fused-ring (bicyclic) bond motifs is 1. The molecule has 0 aliphatic heterocycles. The van der Waals surface area contributed by atoms with Crippen LogP contribution in [0.3, 0.4) is 0 Å². The highest BCUT2D eigenvalue weighted by Crippen LogP contribution is 2.37. The molecule has 2 amide bonds. The van der Waals surface area contributed by atoms with Gasteiger partial charge >= 0.3 is 0 Å². The van der Waals surface area contributed by atoms with E-state index in [9.17, 15) is 14.9 Å². The third kappa shape index (κ3) is 4.94. The number of amides is 2. The lowest BCUT2D eigenvalue weighted by atomic mass is 10.1. The van der Waals surface area contributed by atoms with Crippen LogP contribution in [0, 0.1) is 11.3 Å². The number of benzene rings is 1. The van der Waals surface area contributed by atoms with E-state index in [-0.39, 0.29) is 17.1 Å². The van der Waals surface area contributed by atoms with Gasteiger partial charge in [-0.1, -0.05) is 6.42 Å². The zero-order valence-electron chi connectivity index (χ0n) is 16.0. The zero-order valence-corrected chi connectivity index (χ0v) is 17.6. The van der Waals surface area contributed by atoms with Gasteiger partial charge in [-0.3, -0.25) is 9.59 Å². The molecule has 5 nitrogen and oxygen atoms in total. The zero-order chi connectivity index (χ0) is 20.1. The average Bonchev–Trinajstić information content (AvgIpc) is 2.82. The van der Waals surface area contributed by atoms with Crippen molar-refractivity contribution in [2.24, 2.45) is 0 Å². The van der Waals surface area contributed by atoms with Crippen LogP contribution in [0.25, 0.3) is 0 Å². The van der Waals surface area contributed by atoms with Crippen LogP contribution in [-0.2, 0) is 22.4 Å². The number of rotatable bonds is 5.